The summed E-state index contributed by atoms with van der Waals surface area (Å²) in [5.74, 6) is -0.257. The highest BCUT2D eigenvalue weighted by Crippen LogP contribution is 2.44. The Hall–Kier alpha value is -1.35. The van der Waals surface area contributed by atoms with Crippen LogP contribution in [0.3, 0.4) is 0 Å². The van der Waals surface area contributed by atoms with Crippen molar-refractivity contribution in [1.82, 2.24) is 0 Å². The highest BCUT2D eigenvalue weighted by atomic mass is 19.1. The van der Waals surface area contributed by atoms with Gasteiger partial charge in [0.05, 0.1) is 6.26 Å². The number of furan rings is 1. The van der Waals surface area contributed by atoms with Gasteiger partial charge in [0.2, 0.25) is 0 Å². The van der Waals surface area contributed by atoms with E-state index in [1.807, 2.05) is 6.07 Å². The molecule has 0 amide bonds. The van der Waals surface area contributed by atoms with Gasteiger partial charge in [-0.15, -0.1) is 0 Å². The van der Waals surface area contributed by atoms with Crippen molar-refractivity contribution < 1.29 is 8.81 Å². The van der Waals surface area contributed by atoms with E-state index < -0.39 is 5.54 Å². The summed E-state index contributed by atoms with van der Waals surface area (Å²) in [5, 5.41) is 0.915. The number of nitrogens with two attached hydrogens (primary N) is 1. The van der Waals surface area contributed by atoms with Gasteiger partial charge in [0.1, 0.15) is 11.4 Å². The zero-order valence-electron chi connectivity index (χ0n) is 7.59. The third kappa shape index (κ3) is 0.990. The fourth-order valence-electron chi connectivity index (χ4n) is 1.77. The van der Waals surface area contributed by atoms with Crippen LogP contribution in [0.4, 0.5) is 4.39 Å². The highest BCUT2D eigenvalue weighted by molar-refractivity contribution is 5.78. The number of halogens is 1. The highest BCUT2D eigenvalue weighted by Gasteiger charge is 2.42. The van der Waals surface area contributed by atoms with Gasteiger partial charge < -0.3 is 10.2 Å². The van der Waals surface area contributed by atoms with Gasteiger partial charge in [0, 0.05) is 22.6 Å². The standard InChI is InChI=1S/C11H10FNO/c12-9-6-10-7(1-4-14-10)5-8(9)11(13)2-3-11/h1,4-6H,2-3,13H2. The lowest BCUT2D eigenvalue weighted by molar-refractivity contribution is 0.570. The minimum atomic E-state index is -0.421. The number of hydrogen-bond acceptors (Lipinski definition) is 2. The third-order valence-electron chi connectivity index (χ3n) is 2.87. The minimum Gasteiger partial charge on any atom is -0.464 e. The molecule has 2 N–H and O–H groups in total. The van der Waals surface area contributed by atoms with E-state index in [4.69, 9.17) is 10.2 Å². The van der Waals surface area contributed by atoms with Crippen LogP contribution in [0, 0.1) is 5.82 Å². The Morgan fingerprint density at radius 2 is 2.14 bits per heavy atom. The lowest BCUT2D eigenvalue weighted by Crippen LogP contribution is -2.20. The van der Waals surface area contributed by atoms with Crippen molar-refractivity contribution in [1.29, 1.82) is 0 Å². The molecular weight excluding hydrogens is 181 g/mol. The SMILES string of the molecule is NC1(c2cc3ccoc3cc2F)CC1. The van der Waals surface area contributed by atoms with Gasteiger partial charge >= 0.3 is 0 Å². The molecule has 1 aliphatic rings. The molecule has 2 nitrogen and oxygen atoms in total. The molecule has 14 heavy (non-hydrogen) atoms. The van der Waals surface area contributed by atoms with Crippen LogP contribution in [0.2, 0.25) is 0 Å². The van der Waals surface area contributed by atoms with Crippen LogP contribution in [-0.2, 0) is 5.54 Å². The Kier molecular flexibility index (Phi) is 1.35. The lowest BCUT2D eigenvalue weighted by Gasteiger charge is -2.09. The molecule has 0 radical (unpaired) electrons. The summed E-state index contributed by atoms with van der Waals surface area (Å²) in [7, 11) is 0. The minimum absolute atomic E-state index is 0.257. The molecular formula is C11H10FNO. The topological polar surface area (TPSA) is 39.2 Å². The van der Waals surface area contributed by atoms with Crippen LogP contribution in [-0.4, -0.2) is 0 Å². The van der Waals surface area contributed by atoms with Gasteiger partial charge in [0.25, 0.3) is 0 Å². The van der Waals surface area contributed by atoms with Crippen LogP contribution >= 0.6 is 0 Å². The summed E-state index contributed by atoms with van der Waals surface area (Å²) in [6.07, 6.45) is 3.30. The molecule has 1 heterocycles. The van der Waals surface area contributed by atoms with Crippen molar-refractivity contribution in [3.8, 4) is 0 Å². The molecule has 1 saturated carbocycles. The van der Waals surface area contributed by atoms with E-state index in [1.165, 1.54) is 6.07 Å². The average Bonchev–Trinajstić information content (AvgIpc) is 2.75. The molecule has 3 rings (SSSR count). The molecule has 0 saturated heterocycles. The van der Waals surface area contributed by atoms with Crippen LogP contribution in [0.25, 0.3) is 11.0 Å². The van der Waals surface area contributed by atoms with E-state index in [2.05, 4.69) is 0 Å². The maximum absolute atomic E-state index is 13.6. The second-order valence-corrected chi connectivity index (χ2v) is 3.95. The van der Waals surface area contributed by atoms with Gasteiger partial charge in [-0.3, -0.25) is 0 Å². The predicted octanol–water partition coefficient (Wildman–Crippen LogP) is 2.52. The number of rotatable bonds is 1. The molecule has 1 aromatic heterocycles. The summed E-state index contributed by atoms with van der Waals surface area (Å²) in [6, 6.07) is 5.03. The monoisotopic (exact) mass is 191 g/mol. The van der Waals surface area contributed by atoms with E-state index in [1.54, 1.807) is 12.3 Å². The molecule has 2 aromatic rings. The van der Waals surface area contributed by atoms with Crippen molar-refractivity contribution in [3.63, 3.8) is 0 Å². The predicted molar refractivity (Wildman–Crippen MR) is 51.3 cm³/mol. The Morgan fingerprint density at radius 1 is 1.36 bits per heavy atom. The first-order valence-electron chi connectivity index (χ1n) is 4.65. The molecule has 0 spiro atoms. The third-order valence-corrected chi connectivity index (χ3v) is 2.87. The fourth-order valence-corrected chi connectivity index (χ4v) is 1.77. The van der Waals surface area contributed by atoms with Crippen LogP contribution in [0.5, 0.6) is 0 Å². The van der Waals surface area contributed by atoms with Crippen molar-refractivity contribution >= 4 is 11.0 Å². The van der Waals surface area contributed by atoms with Gasteiger partial charge in [-0.1, -0.05) is 0 Å². The zero-order valence-corrected chi connectivity index (χ0v) is 7.59. The van der Waals surface area contributed by atoms with Crippen molar-refractivity contribution in [3.05, 3.63) is 35.8 Å². The first-order chi connectivity index (χ1) is 6.69. The first-order valence-corrected chi connectivity index (χ1v) is 4.65. The average molecular weight is 191 g/mol. The van der Waals surface area contributed by atoms with Crippen LogP contribution in [0.1, 0.15) is 18.4 Å². The van der Waals surface area contributed by atoms with Gasteiger partial charge in [-0.05, 0) is 25.0 Å². The van der Waals surface area contributed by atoms with Gasteiger partial charge in [-0.25, -0.2) is 4.39 Å². The Balaban J connectivity index is 2.27. The Morgan fingerprint density at radius 3 is 2.86 bits per heavy atom. The largest absolute Gasteiger partial charge is 0.464 e. The molecule has 0 atom stereocenters. The second kappa shape index (κ2) is 2.36. The van der Waals surface area contributed by atoms with E-state index in [9.17, 15) is 4.39 Å². The fraction of sp³-hybridized carbons (Fsp3) is 0.273. The number of fused-ring (bicyclic) bond motifs is 1. The quantitative estimate of drug-likeness (QED) is 0.752. The molecule has 0 bridgehead atoms. The Bertz CT molecular complexity index is 499. The van der Waals surface area contributed by atoms with Crippen LogP contribution in [0.15, 0.2) is 28.9 Å². The van der Waals surface area contributed by atoms with Crippen molar-refractivity contribution in [2.75, 3.05) is 0 Å². The molecule has 1 aromatic carbocycles. The molecule has 0 unspecified atom stereocenters. The lowest BCUT2D eigenvalue weighted by atomic mass is 10.0. The molecule has 72 valence electrons. The summed E-state index contributed by atoms with van der Waals surface area (Å²) in [4.78, 5) is 0. The molecule has 3 heteroatoms. The summed E-state index contributed by atoms with van der Waals surface area (Å²) in [6.45, 7) is 0. The maximum Gasteiger partial charge on any atom is 0.136 e. The molecule has 1 fully saturated rings. The summed E-state index contributed by atoms with van der Waals surface area (Å²) >= 11 is 0. The maximum atomic E-state index is 13.6. The Labute approximate surface area is 80.5 Å². The zero-order chi connectivity index (χ0) is 9.76. The van der Waals surface area contributed by atoms with E-state index >= 15 is 0 Å². The molecule has 0 aliphatic heterocycles. The first kappa shape index (κ1) is 8.00. The summed E-state index contributed by atoms with van der Waals surface area (Å²) < 4.78 is 18.7. The van der Waals surface area contributed by atoms with Crippen molar-refractivity contribution in [2.24, 2.45) is 5.73 Å². The summed E-state index contributed by atoms with van der Waals surface area (Å²) in [5.41, 5.74) is 6.73. The van der Waals surface area contributed by atoms with Crippen molar-refractivity contribution in [2.45, 2.75) is 18.4 Å². The van der Waals surface area contributed by atoms with Crippen LogP contribution < -0.4 is 5.73 Å². The van der Waals surface area contributed by atoms with Gasteiger partial charge in [0.15, 0.2) is 0 Å². The smallest absolute Gasteiger partial charge is 0.136 e. The van der Waals surface area contributed by atoms with E-state index in [0.29, 0.717) is 11.1 Å². The molecule has 1 aliphatic carbocycles. The van der Waals surface area contributed by atoms with E-state index in [-0.39, 0.29) is 5.82 Å². The van der Waals surface area contributed by atoms with Gasteiger partial charge in [-0.2, -0.15) is 0 Å². The number of benzene rings is 1. The second-order valence-electron chi connectivity index (χ2n) is 3.95. The normalized spacial score (nSPS) is 18.7. The number of hydrogen-bond donors (Lipinski definition) is 1. The van der Waals surface area contributed by atoms with E-state index in [0.717, 1.165) is 18.2 Å².